The van der Waals surface area contributed by atoms with Crippen LogP contribution < -0.4 is 4.72 Å². The number of alkyl halides is 1. The maximum absolute atomic E-state index is 11.1. The lowest BCUT2D eigenvalue weighted by atomic mass is 10.2. The first-order chi connectivity index (χ1) is 6.44. The smallest absolute Gasteiger partial charge is 0.242 e. The second-order valence-corrected chi connectivity index (χ2v) is 5.85. The molecule has 0 unspecified atom stereocenters. The zero-order valence-corrected chi connectivity index (χ0v) is 9.89. The summed E-state index contributed by atoms with van der Waals surface area (Å²) in [6.45, 7) is 1.70. The van der Waals surface area contributed by atoms with Crippen molar-refractivity contribution in [2.45, 2.75) is 6.92 Å². The number of halogens is 1. The Labute approximate surface area is 91.1 Å². The molecule has 0 heterocycles. The highest BCUT2D eigenvalue weighted by molar-refractivity contribution is 9.10. The van der Waals surface area contributed by atoms with Gasteiger partial charge in [-0.2, -0.15) is 0 Å². The van der Waals surface area contributed by atoms with Crippen LogP contribution in [-0.2, 0) is 10.0 Å². The van der Waals surface area contributed by atoms with Crippen molar-refractivity contribution >= 4 is 31.6 Å². The van der Waals surface area contributed by atoms with Crippen molar-refractivity contribution in [2.24, 2.45) is 0 Å². The SMILES string of the molecule is Cc1cc(NS(=O)(=O)CBr)ccc1O. The first kappa shape index (κ1) is 11.3. The second-order valence-electron chi connectivity index (χ2n) is 2.83. The summed E-state index contributed by atoms with van der Waals surface area (Å²) >= 11 is 2.86. The van der Waals surface area contributed by atoms with Crippen molar-refractivity contribution in [2.75, 3.05) is 9.38 Å². The minimum Gasteiger partial charge on any atom is -0.508 e. The molecule has 0 saturated heterocycles. The average Bonchev–Trinajstić information content (AvgIpc) is 2.11. The number of benzene rings is 1. The Kier molecular flexibility index (Phi) is 3.38. The molecule has 1 rings (SSSR count). The van der Waals surface area contributed by atoms with Gasteiger partial charge in [0.05, 0.1) is 0 Å². The standard InChI is InChI=1S/C8H10BrNO3S/c1-6-4-7(2-3-8(6)11)10-14(12,13)5-9/h2-4,10-11H,5H2,1H3. The largest absolute Gasteiger partial charge is 0.508 e. The summed E-state index contributed by atoms with van der Waals surface area (Å²) in [6.07, 6.45) is 0. The molecule has 78 valence electrons. The summed E-state index contributed by atoms with van der Waals surface area (Å²) in [7, 11) is -3.32. The molecule has 0 amide bonds. The summed E-state index contributed by atoms with van der Waals surface area (Å²) in [5.41, 5.74) is 1.07. The fraction of sp³-hybridized carbons (Fsp3) is 0.250. The topological polar surface area (TPSA) is 66.4 Å². The number of anilines is 1. The lowest BCUT2D eigenvalue weighted by molar-refractivity contribution is 0.471. The van der Waals surface area contributed by atoms with Crippen molar-refractivity contribution in [3.05, 3.63) is 23.8 Å². The van der Waals surface area contributed by atoms with Crippen LogP contribution >= 0.6 is 15.9 Å². The maximum atomic E-state index is 11.1. The third-order valence-corrected chi connectivity index (χ3v) is 4.26. The first-order valence-electron chi connectivity index (χ1n) is 3.81. The van der Waals surface area contributed by atoms with E-state index >= 15 is 0 Å². The Bertz CT molecular complexity index is 430. The number of aromatic hydroxyl groups is 1. The van der Waals surface area contributed by atoms with E-state index in [2.05, 4.69) is 20.7 Å². The monoisotopic (exact) mass is 279 g/mol. The van der Waals surface area contributed by atoms with Crippen LogP contribution in [0.3, 0.4) is 0 Å². The van der Waals surface area contributed by atoms with Crippen molar-refractivity contribution < 1.29 is 13.5 Å². The summed E-state index contributed by atoms with van der Waals surface area (Å²) in [6, 6.07) is 4.51. The molecular formula is C8H10BrNO3S. The predicted molar refractivity (Wildman–Crippen MR) is 59.2 cm³/mol. The van der Waals surface area contributed by atoms with E-state index in [9.17, 15) is 13.5 Å². The van der Waals surface area contributed by atoms with Gasteiger partial charge >= 0.3 is 0 Å². The minimum absolute atomic E-state index is 0.145. The Morgan fingerprint density at radius 1 is 1.50 bits per heavy atom. The average molecular weight is 280 g/mol. The molecule has 14 heavy (non-hydrogen) atoms. The molecule has 0 aliphatic rings. The van der Waals surface area contributed by atoms with Gasteiger partial charge in [-0.05, 0) is 30.7 Å². The molecule has 0 saturated carbocycles. The quantitative estimate of drug-likeness (QED) is 0.655. The molecule has 0 fully saturated rings. The highest BCUT2D eigenvalue weighted by atomic mass is 79.9. The number of sulfonamides is 1. The van der Waals surface area contributed by atoms with Gasteiger partial charge in [-0.3, -0.25) is 4.72 Å². The van der Waals surface area contributed by atoms with Crippen molar-refractivity contribution in [3.8, 4) is 5.75 Å². The van der Waals surface area contributed by atoms with Crippen molar-refractivity contribution in [3.63, 3.8) is 0 Å². The number of aryl methyl sites for hydroxylation is 1. The van der Waals surface area contributed by atoms with Crippen LogP contribution in [0.25, 0.3) is 0 Å². The number of hydrogen-bond donors (Lipinski definition) is 2. The Morgan fingerprint density at radius 3 is 2.64 bits per heavy atom. The van der Waals surface area contributed by atoms with E-state index in [0.29, 0.717) is 11.3 Å². The molecule has 0 spiro atoms. The fourth-order valence-corrected chi connectivity index (χ4v) is 1.81. The Morgan fingerprint density at radius 2 is 2.14 bits per heavy atom. The first-order valence-corrected chi connectivity index (χ1v) is 6.58. The lowest BCUT2D eigenvalue weighted by Crippen LogP contribution is -2.13. The summed E-state index contributed by atoms with van der Waals surface area (Å²) < 4.78 is 24.5. The molecular weight excluding hydrogens is 270 g/mol. The predicted octanol–water partition coefficient (Wildman–Crippen LogP) is 1.79. The van der Waals surface area contributed by atoms with E-state index in [4.69, 9.17) is 0 Å². The second kappa shape index (κ2) is 4.18. The Hall–Kier alpha value is -0.750. The molecule has 0 aliphatic carbocycles. The van der Waals surface area contributed by atoms with Gasteiger partial charge in [0.2, 0.25) is 10.0 Å². The fourth-order valence-electron chi connectivity index (χ4n) is 0.926. The third-order valence-electron chi connectivity index (χ3n) is 1.61. The molecule has 0 radical (unpaired) electrons. The molecule has 0 atom stereocenters. The molecule has 6 heteroatoms. The molecule has 1 aromatic carbocycles. The number of phenolic OH excluding ortho intramolecular Hbond substituents is 1. The van der Waals surface area contributed by atoms with Crippen LogP contribution in [-0.4, -0.2) is 18.2 Å². The maximum Gasteiger partial charge on any atom is 0.242 e. The number of rotatable bonds is 3. The minimum atomic E-state index is -3.32. The summed E-state index contributed by atoms with van der Waals surface area (Å²) in [5.74, 6) is 0.145. The lowest BCUT2D eigenvalue weighted by Gasteiger charge is -2.06. The van der Waals surface area contributed by atoms with E-state index in [1.54, 1.807) is 13.0 Å². The number of nitrogens with one attached hydrogen (secondary N) is 1. The van der Waals surface area contributed by atoms with Crippen LogP contribution in [0.1, 0.15) is 5.56 Å². The number of phenols is 1. The van der Waals surface area contributed by atoms with Gasteiger partial charge in [-0.25, -0.2) is 8.42 Å². The highest BCUT2D eigenvalue weighted by Crippen LogP contribution is 2.20. The van der Waals surface area contributed by atoms with Crippen LogP contribution in [0.4, 0.5) is 5.69 Å². The normalized spacial score (nSPS) is 11.3. The zero-order chi connectivity index (χ0) is 10.8. The van der Waals surface area contributed by atoms with Gasteiger partial charge < -0.3 is 5.11 Å². The molecule has 0 aliphatic heterocycles. The molecule has 0 aromatic heterocycles. The summed E-state index contributed by atoms with van der Waals surface area (Å²) in [5, 5.41) is 9.21. The van der Waals surface area contributed by atoms with Gasteiger partial charge in [0.1, 0.15) is 10.4 Å². The van der Waals surface area contributed by atoms with Crippen LogP contribution in [0.5, 0.6) is 5.75 Å². The van der Waals surface area contributed by atoms with Gasteiger partial charge in [0.15, 0.2) is 0 Å². The van der Waals surface area contributed by atoms with Gasteiger partial charge in [0.25, 0.3) is 0 Å². The molecule has 4 nitrogen and oxygen atoms in total. The summed E-state index contributed by atoms with van der Waals surface area (Å²) in [4.78, 5) is 0. The van der Waals surface area contributed by atoms with E-state index < -0.39 is 10.0 Å². The number of hydrogen-bond acceptors (Lipinski definition) is 3. The van der Waals surface area contributed by atoms with Crippen LogP contribution in [0.15, 0.2) is 18.2 Å². The Balaban J connectivity index is 2.94. The van der Waals surface area contributed by atoms with Crippen molar-refractivity contribution in [1.29, 1.82) is 0 Å². The van der Waals surface area contributed by atoms with E-state index in [-0.39, 0.29) is 10.4 Å². The molecule has 0 bridgehead atoms. The van der Waals surface area contributed by atoms with E-state index in [0.717, 1.165) is 0 Å². The molecule has 2 N–H and O–H groups in total. The van der Waals surface area contributed by atoms with E-state index in [1.165, 1.54) is 12.1 Å². The van der Waals surface area contributed by atoms with E-state index in [1.807, 2.05) is 0 Å². The van der Waals surface area contributed by atoms with Gasteiger partial charge in [-0.1, -0.05) is 15.9 Å². The third kappa shape index (κ3) is 2.88. The zero-order valence-electron chi connectivity index (χ0n) is 7.49. The molecule has 1 aromatic rings. The van der Waals surface area contributed by atoms with Crippen molar-refractivity contribution in [1.82, 2.24) is 0 Å². The highest BCUT2D eigenvalue weighted by Gasteiger charge is 2.08. The van der Waals surface area contributed by atoms with Gasteiger partial charge in [-0.15, -0.1) is 0 Å². The van der Waals surface area contributed by atoms with Crippen LogP contribution in [0.2, 0.25) is 0 Å². The van der Waals surface area contributed by atoms with Gasteiger partial charge in [0, 0.05) is 5.69 Å². The van der Waals surface area contributed by atoms with Crippen LogP contribution in [0, 0.1) is 6.92 Å².